The number of phenolic OH excluding ortho intramolecular Hbond substituents is 1. The molecule has 0 bridgehead atoms. The Hall–Kier alpha value is -4.03. The number of phenols is 1. The van der Waals surface area contributed by atoms with E-state index in [-0.39, 0.29) is 40.2 Å². The van der Waals surface area contributed by atoms with Gasteiger partial charge in [0.2, 0.25) is 12.8 Å². The summed E-state index contributed by atoms with van der Waals surface area (Å²) >= 11 is 6.67. The number of nitrogens with zero attached hydrogens (tertiary/aromatic N) is 4. The van der Waals surface area contributed by atoms with Gasteiger partial charge in [-0.25, -0.2) is 17.8 Å². The minimum Gasteiger partial charge on any atom is -0.507 e. The topological polar surface area (TPSA) is 132 Å². The molecule has 0 aliphatic heterocycles. The van der Waals surface area contributed by atoms with Gasteiger partial charge in [-0.15, -0.1) is 6.58 Å². The zero-order chi connectivity index (χ0) is 31.0. The van der Waals surface area contributed by atoms with E-state index >= 15 is 4.39 Å². The average molecular weight is 618 g/mol. The predicted octanol–water partition coefficient (Wildman–Crippen LogP) is 3.51. The third-order valence-corrected chi connectivity index (χ3v) is 8.46. The largest absolute Gasteiger partial charge is 0.507 e. The number of halogens is 2. The molecule has 0 radical (unpaired) electrons. The SMILES string of the molecule is C=CCCN(C(=NC)c1cc(Cl)c(-c2c(O)cccc2F)nc1N(C=O)C1C=CC=CC1S(C)(=O)=O)C(C)CNC=O. The number of amides is 2. The van der Waals surface area contributed by atoms with Gasteiger partial charge in [0.1, 0.15) is 28.5 Å². The number of amidine groups is 1. The fraction of sp³-hybridized carbons (Fsp3) is 0.310. The maximum atomic E-state index is 15.0. The van der Waals surface area contributed by atoms with Crippen LogP contribution in [0.25, 0.3) is 11.3 Å². The van der Waals surface area contributed by atoms with Crippen molar-refractivity contribution < 1.29 is 27.5 Å². The Labute approximate surface area is 249 Å². The molecular weight excluding hydrogens is 585 g/mol. The van der Waals surface area contributed by atoms with Crippen LogP contribution in [0.4, 0.5) is 10.2 Å². The molecule has 1 heterocycles. The molecule has 13 heteroatoms. The summed E-state index contributed by atoms with van der Waals surface area (Å²) in [5, 5.41) is 12.0. The lowest BCUT2D eigenvalue weighted by atomic mass is 10.0. The van der Waals surface area contributed by atoms with E-state index in [9.17, 15) is 23.1 Å². The Bertz CT molecular complexity index is 1510. The van der Waals surface area contributed by atoms with Crippen molar-refractivity contribution in [2.45, 2.75) is 30.7 Å². The van der Waals surface area contributed by atoms with E-state index in [2.05, 4.69) is 21.9 Å². The molecule has 1 aromatic carbocycles. The standard InChI is InChI=1S/C29H33ClFN5O5S/c1-5-6-14-35(19(2)16-33-17-37)28(32-3)20-15-21(30)27(26-22(31)10-9-12-24(26)39)34-29(20)36(18-38)23-11-7-8-13-25(23)42(4,40)41/h5,7-13,15,17-19,23,25,39H,1,6,14,16H2,2-4H3,(H,33,37). The zero-order valence-electron chi connectivity index (χ0n) is 23.4. The van der Waals surface area contributed by atoms with Crippen LogP contribution in [0.5, 0.6) is 5.75 Å². The Balaban J connectivity index is 2.36. The summed E-state index contributed by atoms with van der Waals surface area (Å²) in [6, 6.07) is 3.84. The number of carbonyl (C=O) groups excluding carboxylic acids is 2. The number of aliphatic imine (C=N–C) groups is 1. The van der Waals surface area contributed by atoms with Gasteiger partial charge in [0.15, 0.2) is 9.84 Å². The van der Waals surface area contributed by atoms with Crippen molar-refractivity contribution in [3.05, 3.63) is 77.6 Å². The summed E-state index contributed by atoms with van der Waals surface area (Å²) < 4.78 is 40.5. The van der Waals surface area contributed by atoms with Gasteiger partial charge in [0.25, 0.3) is 0 Å². The van der Waals surface area contributed by atoms with Crippen LogP contribution in [-0.4, -0.2) is 85.8 Å². The second-order valence-electron chi connectivity index (χ2n) is 9.58. The molecule has 1 aliphatic rings. The highest BCUT2D eigenvalue weighted by Crippen LogP contribution is 2.39. The third kappa shape index (κ3) is 7.05. The molecule has 2 N–H and O–H groups in total. The molecule has 1 aromatic heterocycles. The number of sulfone groups is 1. The lowest BCUT2D eigenvalue weighted by Crippen LogP contribution is -2.48. The minimum absolute atomic E-state index is 0.0535. The highest BCUT2D eigenvalue weighted by Gasteiger charge is 2.36. The van der Waals surface area contributed by atoms with Crippen LogP contribution in [0.3, 0.4) is 0 Å². The Morgan fingerprint density at radius 3 is 2.62 bits per heavy atom. The van der Waals surface area contributed by atoms with E-state index in [1.807, 2.05) is 11.8 Å². The number of pyridine rings is 1. The number of benzene rings is 1. The van der Waals surface area contributed by atoms with Crippen molar-refractivity contribution >= 4 is 45.9 Å². The number of aromatic hydroxyl groups is 1. The van der Waals surface area contributed by atoms with Crippen LogP contribution in [0, 0.1) is 5.82 Å². The average Bonchev–Trinajstić information content (AvgIpc) is 2.95. The number of anilines is 1. The molecule has 0 saturated carbocycles. The fourth-order valence-corrected chi connectivity index (χ4v) is 6.09. The predicted molar refractivity (Wildman–Crippen MR) is 163 cm³/mol. The van der Waals surface area contributed by atoms with E-state index in [4.69, 9.17) is 11.6 Å². The summed E-state index contributed by atoms with van der Waals surface area (Å²) in [4.78, 5) is 35.9. The Morgan fingerprint density at radius 1 is 1.31 bits per heavy atom. The summed E-state index contributed by atoms with van der Waals surface area (Å²) in [6.45, 7) is 6.30. The number of nitrogens with one attached hydrogen (secondary N) is 1. The normalized spacial score (nSPS) is 17.4. The summed E-state index contributed by atoms with van der Waals surface area (Å²) in [7, 11) is -2.17. The van der Waals surface area contributed by atoms with Crippen molar-refractivity contribution in [2.75, 3.05) is 31.3 Å². The van der Waals surface area contributed by atoms with E-state index in [0.717, 1.165) is 17.2 Å². The fourth-order valence-electron chi connectivity index (χ4n) is 4.74. The maximum absolute atomic E-state index is 15.0. The second-order valence-corrected chi connectivity index (χ2v) is 12.2. The van der Waals surface area contributed by atoms with Gasteiger partial charge in [-0.3, -0.25) is 19.5 Å². The molecule has 3 atom stereocenters. The first-order valence-electron chi connectivity index (χ1n) is 13.0. The quantitative estimate of drug-likeness (QED) is 0.152. The van der Waals surface area contributed by atoms with Crippen LogP contribution in [0.2, 0.25) is 5.02 Å². The van der Waals surface area contributed by atoms with Crippen LogP contribution in [-0.2, 0) is 19.4 Å². The molecule has 10 nitrogen and oxygen atoms in total. The Morgan fingerprint density at radius 2 is 2.02 bits per heavy atom. The first-order chi connectivity index (χ1) is 20.0. The summed E-state index contributed by atoms with van der Waals surface area (Å²) in [6.07, 6.45) is 10.5. The van der Waals surface area contributed by atoms with Crippen molar-refractivity contribution in [3.63, 3.8) is 0 Å². The molecule has 224 valence electrons. The van der Waals surface area contributed by atoms with Gasteiger partial charge < -0.3 is 15.3 Å². The van der Waals surface area contributed by atoms with Gasteiger partial charge in [0, 0.05) is 32.4 Å². The molecule has 42 heavy (non-hydrogen) atoms. The highest BCUT2D eigenvalue weighted by atomic mass is 35.5. The molecule has 2 amide bonds. The zero-order valence-corrected chi connectivity index (χ0v) is 25.0. The van der Waals surface area contributed by atoms with Gasteiger partial charge in [-0.05, 0) is 31.5 Å². The number of carbonyl (C=O) groups is 2. The summed E-state index contributed by atoms with van der Waals surface area (Å²) in [5.41, 5.74) is -0.207. The highest BCUT2D eigenvalue weighted by molar-refractivity contribution is 7.91. The summed E-state index contributed by atoms with van der Waals surface area (Å²) in [5.74, 6) is -0.976. The first-order valence-corrected chi connectivity index (χ1v) is 15.3. The van der Waals surface area contributed by atoms with Crippen molar-refractivity contribution in [1.29, 1.82) is 0 Å². The number of rotatable bonds is 13. The number of allylic oxidation sites excluding steroid dienone is 2. The molecule has 0 spiro atoms. The van der Waals surface area contributed by atoms with Crippen LogP contribution >= 0.6 is 11.6 Å². The van der Waals surface area contributed by atoms with Gasteiger partial charge in [0.05, 0.1) is 27.9 Å². The monoisotopic (exact) mass is 617 g/mol. The number of aromatic nitrogens is 1. The Kier molecular flexibility index (Phi) is 11.0. The van der Waals surface area contributed by atoms with E-state index in [1.54, 1.807) is 24.3 Å². The van der Waals surface area contributed by atoms with Crippen LogP contribution < -0.4 is 10.2 Å². The second kappa shape index (κ2) is 14.2. The van der Waals surface area contributed by atoms with Gasteiger partial charge in [-0.1, -0.05) is 48.0 Å². The molecule has 2 aromatic rings. The lowest BCUT2D eigenvalue weighted by molar-refractivity contribution is -0.110. The van der Waals surface area contributed by atoms with Crippen molar-refractivity contribution in [1.82, 2.24) is 15.2 Å². The van der Waals surface area contributed by atoms with Crippen molar-refractivity contribution in [2.24, 2.45) is 4.99 Å². The minimum atomic E-state index is -3.70. The maximum Gasteiger partial charge on any atom is 0.215 e. The van der Waals surface area contributed by atoms with Crippen molar-refractivity contribution in [3.8, 4) is 17.0 Å². The number of hydrogen-bond acceptors (Lipinski definition) is 7. The number of hydrogen-bond donors (Lipinski definition) is 2. The van der Waals surface area contributed by atoms with E-state index in [0.29, 0.717) is 31.6 Å². The first kappa shape index (κ1) is 32.5. The van der Waals surface area contributed by atoms with E-state index in [1.165, 1.54) is 31.3 Å². The molecular formula is C29H33ClFN5O5S. The van der Waals surface area contributed by atoms with Crippen LogP contribution in [0.1, 0.15) is 18.9 Å². The third-order valence-electron chi connectivity index (χ3n) is 6.74. The smallest absolute Gasteiger partial charge is 0.215 e. The molecule has 3 unspecified atom stereocenters. The lowest BCUT2D eigenvalue weighted by Gasteiger charge is -2.36. The molecule has 0 fully saturated rings. The molecule has 3 rings (SSSR count). The molecule has 0 saturated heterocycles. The van der Waals surface area contributed by atoms with Gasteiger partial charge in [-0.2, -0.15) is 0 Å². The van der Waals surface area contributed by atoms with E-state index < -0.39 is 32.7 Å². The van der Waals surface area contributed by atoms with Gasteiger partial charge >= 0.3 is 0 Å². The molecule has 1 aliphatic carbocycles. The van der Waals surface area contributed by atoms with Crippen LogP contribution in [0.15, 0.2) is 66.2 Å².